The zero-order valence-corrected chi connectivity index (χ0v) is 13.7. The molecule has 23 heavy (non-hydrogen) atoms. The summed E-state index contributed by atoms with van der Waals surface area (Å²) in [4.78, 5) is 25.7. The number of hydrogen-bond donors (Lipinski definition) is 1. The van der Waals surface area contributed by atoms with Crippen LogP contribution in [0.4, 0.5) is 5.69 Å². The molecule has 0 radical (unpaired) electrons. The second-order valence-corrected chi connectivity index (χ2v) is 5.37. The van der Waals surface area contributed by atoms with Crippen LogP contribution < -0.4 is 5.32 Å². The van der Waals surface area contributed by atoms with Gasteiger partial charge < -0.3 is 10.2 Å². The van der Waals surface area contributed by atoms with Crippen LogP contribution in [0.25, 0.3) is 6.08 Å². The quantitative estimate of drug-likeness (QED) is 0.879. The fraction of sp³-hybridized carbons (Fsp3) is 0.235. The van der Waals surface area contributed by atoms with Gasteiger partial charge in [-0.2, -0.15) is 5.10 Å². The SMILES string of the molecule is Cc1c(NC(=O)/C=C/c2ccccc2)c(C(=O)N(C)C)nn1C. The number of aryl methyl sites for hydroxylation is 1. The average Bonchev–Trinajstić information content (AvgIpc) is 2.81. The summed E-state index contributed by atoms with van der Waals surface area (Å²) in [6.45, 7) is 1.80. The molecule has 2 aromatic rings. The number of nitrogens with one attached hydrogen (secondary N) is 1. The van der Waals surface area contributed by atoms with Crippen molar-refractivity contribution in [3.8, 4) is 0 Å². The van der Waals surface area contributed by atoms with Crippen molar-refractivity contribution in [3.05, 3.63) is 53.4 Å². The number of amides is 2. The minimum atomic E-state index is -0.308. The molecule has 0 aliphatic heterocycles. The number of anilines is 1. The summed E-state index contributed by atoms with van der Waals surface area (Å²) < 4.78 is 1.58. The van der Waals surface area contributed by atoms with Crippen molar-refractivity contribution in [2.24, 2.45) is 7.05 Å². The molecule has 0 aliphatic rings. The number of carbonyl (C=O) groups excluding carboxylic acids is 2. The molecule has 120 valence electrons. The molecule has 6 heteroatoms. The summed E-state index contributed by atoms with van der Waals surface area (Å²) in [5, 5.41) is 6.94. The van der Waals surface area contributed by atoms with E-state index >= 15 is 0 Å². The number of hydrogen-bond acceptors (Lipinski definition) is 3. The highest BCUT2D eigenvalue weighted by Gasteiger charge is 2.21. The number of benzene rings is 1. The van der Waals surface area contributed by atoms with Crippen molar-refractivity contribution in [1.29, 1.82) is 0 Å². The van der Waals surface area contributed by atoms with E-state index in [2.05, 4.69) is 10.4 Å². The molecule has 2 amide bonds. The van der Waals surface area contributed by atoms with E-state index in [1.165, 1.54) is 11.0 Å². The van der Waals surface area contributed by atoms with Gasteiger partial charge in [0.2, 0.25) is 5.91 Å². The van der Waals surface area contributed by atoms with Gasteiger partial charge in [-0.15, -0.1) is 0 Å². The molecule has 0 saturated heterocycles. The fourth-order valence-corrected chi connectivity index (χ4v) is 2.02. The van der Waals surface area contributed by atoms with Gasteiger partial charge in [0, 0.05) is 27.2 Å². The molecular weight excluding hydrogens is 292 g/mol. The van der Waals surface area contributed by atoms with E-state index in [1.807, 2.05) is 30.3 Å². The lowest BCUT2D eigenvalue weighted by atomic mass is 10.2. The molecule has 0 saturated carbocycles. The molecule has 0 spiro atoms. The van der Waals surface area contributed by atoms with Crippen molar-refractivity contribution in [2.75, 3.05) is 19.4 Å². The van der Waals surface area contributed by atoms with Crippen LogP contribution >= 0.6 is 0 Å². The fourth-order valence-electron chi connectivity index (χ4n) is 2.02. The van der Waals surface area contributed by atoms with Crippen LogP contribution in [0.5, 0.6) is 0 Å². The van der Waals surface area contributed by atoms with E-state index in [-0.39, 0.29) is 17.5 Å². The molecule has 0 aliphatic carbocycles. The molecule has 2 rings (SSSR count). The van der Waals surface area contributed by atoms with Gasteiger partial charge in [-0.25, -0.2) is 0 Å². The Kier molecular flexibility index (Phi) is 4.95. The lowest BCUT2D eigenvalue weighted by molar-refractivity contribution is -0.111. The van der Waals surface area contributed by atoms with Gasteiger partial charge in [0.15, 0.2) is 5.69 Å². The second kappa shape index (κ2) is 6.91. The zero-order chi connectivity index (χ0) is 17.0. The van der Waals surface area contributed by atoms with Gasteiger partial charge in [0.25, 0.3) is 5.91 Å². The molecule has 1 heterocycles. The van der Waals surface area contributed by atoms with E-state index in [0.717, 1.165) is 11.3 Å². The first-order valence-corrected chi connectivity index (χ1v) is 7.19. The summed E-state index contributed by atoms with van der Waals surface area (Å²) in [5.41, 5.74) is 2.32. The van der Waals surface area contributed by atoms with Gasteiger partial charge in [-0.05, 0) is 18.6 Å². The Morgan fingerprint density at radius 3 is 2.48 bits per heavy atom. The van der Waals surface area contributed by atoms with E-state index < -0.39 is 0 Å². The molecule has 1 N–H and O–H groups in total. The van der Waals surface area contributed by atoms with Gasteiger partial charge in [0.1, 0.15) is 0 Å². The number of nitrogens with zero attached hydrogens (tertiary/aromatic N) is 3. The molecule has 0 bridgehead atoms. The highest BCUT2D eigenvalue weighted by molar-refractivity contribution is 6.07. The highest BCUT2D eigenvalue weighted by atomic mass is 16.2. The molecule has 1 aromatic heterocycles. The minimum absolute atomic E-state index is 0.233. The van der Waals surface area contributed by atoms with Gasteiger partial charge in [-0.3, -0.25) is 14.3 Å². The molecule has 0 unspecified atom stereocenters. The summed E-state index contributed by atoms with van der Waals surface area (Å²) in [6, 6.07) is 9.52. The molecule has 0 fully saturated rings. The Hall–Kier alpha value is -2.89. The van der Waals surface area contributed by atoms with Crippen molar-refractivity contribution in [2.45, 2.75) is 6.92 Å². The Labute approximate surface area is 135 Å². The first-order chi connectivity index (χ1) is 10.9. The van der Waals surface area contributed by atoms with E-state index in [4.69, 9.17) is 0 Å². The van der Waals surface area contributed by atoms with Crippen molar-refractivity contribution >= 4 is 23.6 Å². The Bertz CT molecular complexity index is 745. The molecular formula is C17H20N4O2. The predicted molar refractivity (Wildman–Crippen MR) is 90.1 cm³/mol. The normalized spacial score (nSPS) is 10.8. The zero-order valence-electron chi connectivity index (χ0n) is 13.7. The summed E-state index contributed by atoms with van der Waals surface area (Å²) in [5.74, 6) is -0.561. The van der Waals surface area contributed by atoms with E-state index in [9.17, 15) is 9.59 Å². The minimum Gasteiger partial charge on any atom is -0.343 e. The van der Waals surface area contributed by atoms with E-state index in [1.54, 1.807) is 38.8 Å². The van der Waals surface area contributed by atoms with Crippen LogP contribution in [0, 0.1) is 6.92 Å². The Morgan fingerprint density at radius 1 is 1.22 bits per heavy atom. The topological polar surface area (TPSA) is 67.2 Å². The number of aromatic nitrogens is 2. The van der Waals surface area contributed by atoms with Crippen LogP contribution in [0.2, 0.25) is 0 Å². The van der Waals surface area contributed by atoms with Crippen LogP contribution in [0.3, 0.4) is 0 Å². The Balaban J connectivity index is 2.21. The van der Waals surface area contributed by atoms with E-state index in [0.29, 0.717) is 5.69 Å². The number of carbonyl (C=O) groups is 2. The molecule has 6 nitrogen and oxygen atoms in total. The number of rotatable bonds is 4. The van der Waals surface area contributed by atoms with Crippen molar-refractivity contribution in [3.63, 3.8) is 0 Å². The van der Waals surface area contributed by atoms with Crippen molar-refractivity contribution in [1.82, 2.24) is 14.7 Å². The summed E-state index contributed by atoms with van der Waals surface area (Å²) in [6.07, 6.45) is 3.15. The molecule has 0 atom stereocenters. The maximum atomic E-state index is 12.2. The van der Waals surface area contributed by atoms with Crippen LogP contribution in [-0.4, -0.2) is 40.6 Å². The second-order valence-electron chi connectivity index (χ2n) is 5.37. The lowest BCUT2D eigenvalue weighted by Crippen LogP contribution is -2.24. The monoisotopic (exact) mass is 312 g/mol. The van der Waals surface area contributed by atoms with Gasteiger partial charge >= 0.3 is 0 Å². The summed E-state index contributed by atoms with van der Waals surface area (Å²) in [7, 11) is 5.03. The average molecular weight is 312 g/mol. The van der Waals surface area contributed by atoms with Crippen LogP contribution in [-0.2, 0) is 11.8 Å². The predicted octanol–water partition coefficient (Wildman–Crippen LogP) is 2.08. The highest BCUT2D eigenvalue weighted by Crippen LogP contribution is 2.20. The Morgan fingerprint density at radius 2 is 1.87 bits per heavy atom. The first-order valence-electron chi connectivity index (χ1n) is 7.19. The third-order valence-electron chi connectivity index (χ3n) is 3.42. The third-order valence-corrected chi connectivity index (χ3v) is 3.42. The smallest absolute Gasteiger partial charge is 0.276 e. The van der Waals surface area contributed by atoms with Gasteiger partial charge in [-0.1, -0.05) is 30.3 Å². The molecule has 1 aromatic carbocycles. The van der Waals surface area contributed by atoms with Crippen LogP contribution in [0.15, 0.2) is 36.4 Å². The third kappa shape index (κ3) is 3.85. The largest absolute Gasteiger partial charge is 0.343 e. The lowest BCUT2D eigenvalue weighted by Gasteiger charge is -2.10. The summed E-state index contributed by atoms with van der Waals surface area (Å²) >= 11 is 0. The van der Waals surface area contributed by atoms with Gasteiger partial charge in [0.05, 0.1) is 11.4 Å². The van der Waals surface area contributed by atoms with Crippen LogP contribution in [0.1, 0.15) is 21.7 Å². The maximum Gasteiger partial charge on any atom is 0.276 e. The van der Waals surface area contributed by atoms with Crippen molar-refractivity contribution < 1.29 is 9.59 Å². The maximum absolute atomic E-state index is 12.2. The standard InChI is InChI=1S/C17H20N4O2/c1-12-15(16(19-21(12)4)17(23)20(2)3)18-14(22)11-10-13-8-6-5-7-9-13/h5-11H,1-4H3,(H,18,22)/b11-10+. The first kappa shape index (κ1) is 16.5.